The van der Waals surface area contributed by atoms with Crippen LogP contribution in [0.4, 0.5) is 0 Å². The molecule has 1 fully saturated rings. The zero-order valence-corrected chi connectivity index (χ0v) is 14.5. The Bertz CT molecular complexity index is 638. The van der Waals surface area contributed by atoms with Gasteiger partial charge in [0, 0.05) is 29.3 Å². The Morgan fingerprint density at radius 3 is 2.95 bits per heavy atom. The second-order valence-corrected chi connectivity index (χ2v) is 7.89. The Morgan fingerprint density at radius 2 is 2.23 bits per heavy atom. The minimum Gasteiger partial charge on any atom is -0.370 e. The molecule has 0 unspecified atom stereocenters. The van der Waals surface area contributed by atoms with E-state index in [-0.39, 0.29) is 0 Å². The SMILES string of the molecule is Cc1nc(-c2ccc(CCN=C(N)NC3CCCC3)s2)cs1. The number of nitrogens with two attached hydrogens (primary N) is 1. The van der Waals surface area contributed by atoms with Gasteiger partial charge in [0.05, 0.1) is 15.6 Å². The monoisotopic (exact) mass is 334 g/mol. The zero-order chi connectivity index (χ0) is 15.4. The van der Waals surface area contributed by atoms with Crippen LogP contribution in [0, 0.1) is 6.92 Å². The number of hydrogen-bond donors (Lipinski definition) is 2. The highest BCUT2D eigenvalue weighted by Gasteiger charge is 2.14. The van der Waals surface area contributed by atoms with E-state index < -0.39 is 0 Å². The maximum atomic E-state index is 5.95. The molecule has 0 aliphatic heterocycles. The largest absolute Gasteiger partial charge is 0.370 e. The van der Waals surface area contributed by atoms with Gasteiger partial charge in [-0.2, -0.15) is 0 Å². The number of guanidine groups is 1. The van der Waals surface area contributed by atoms with Gasteiger partial charge in [0.2, 0.25) is 0 Å². The minimum absolute atomic E-state index is 0.532. The number of aliphatic imine (C=N–C) groups is 1. The summed E-state index contributed by atoms with van der Waals surface area (Å²) in [6.07, 6.45) is 5.98. The predicted octanol–water partition coefficient (Wildman–Crippen LogP) is 3.57. The second kappa shape index (κ2) is 7.24. The summed E-state index contributed by atoms with van der Waals surface area (Å²) in [5.41, 5.74) is 7.04. The Kier molecular flexibility index (Phi) is 5.10. The maximum absolute atomic E-state index is 5.95. The molecule has 22 heavy (non-hydrogen) atoms. The van der Waals surface area contributed by atoms with E-state index in [0.29, 0.717) is 12.0 Å². The van der Waals surface area contributed by atoms with Crippen molar-refractivity contribution in [3.63, 3.8) is 0 Å². The number of nitrogens with zero attached hydrogens (tertiary/aromatic N) is 2. The second-order valence-electron chi connectivity index (χ2n) is 5.66. The van der Waals surface area contributed by atoms with E-state index in [1.165, 1.54) is 35.4 Å². The van der Waals surface area contributed by atoms with Crippen molar-refractivity contribution >= 4 is 28.6 Å². The molecule has 3 rings (SSSR count). The highest BCUT2D eigenvalue weighted by atomic mass is 32.1. The van der Waals surface area contributed by atoms with Crippen LogP contribution in [0.15, 0.2) is 22.5 Å². The van der Waals surface area contributed by atoms with Gasteiger partial charge in [-0.3, -0.25) is 4.99 Å². The zero-order valence-electron chi connectivity index (χ0n) is 12.8. The highest BCUT2D eigenvalue weighted by Crippen LogP contribution is 2.29. The van der Waals surface area contributed by atoms with E-state index >= 15 is 0 Å². The molecule has 1 aliphatic carbocycles. The molecule has 118 valence electrons. The minimum atomic E-state index is 0.532. The molecule has 3 N–H and O–H groups in total. The molecule has 1 aliphatic rings. The Hall–Kier alpha value is -1.40. The number of rotatable bonds is 5. The fraction of sp³-hybridized carbons (Fsp3) is 0.500. The van der Waals surface area contributed by atoms with Gasteiger partial charge in [-0.25, -0.2) is 4.98 Å². The van der Waals surface area contributed by atoms with Crippen LogP contribution >= 0.6 is 22.7 Å². The molecule has 0 spiro atoms. The van der Waals surface area contributed by atoms with Crippen molar-refractivity contribution in [2.75, 3.05) is 6.54 Å². The van der Waals surface area contributed by atoms with Gasteiger partial charge in [-0.1, -0.05) is 12.8 Å². The summed E-state index contributed by atoms with van der Waals surface area (Å²) in [4.78, 5) is 11.5. The summed E-state index contributed by atoms with van der Waals surface area (Å²) in [5, 5.41) is 6.55. The summed E-state index contributed by atoms with van der Waals surface area (Å²) >= 11 is 3.49. The Morgan fingerprint density at radius 1 is 1.41 bits per heavy atom. The quantitative estimate of drug-likeness (QED) is 0.649. The van der Waals surface area contributed by atoms with Crippen molar-refractivity contribution in [3.8, 4) is 10.6 Å². The molecule has 2 aromatic heterocycles. The molecule has 6 heteroatoms. The van der Waals surface area contributed by atoms with Gasteiger partial charge < -0.3 is 11.1 Å². The van der Waals surface area contributed by atoms with Crippen molar-refractivity contribution in [1.82, 2.24) is 10.3 Å². The average molecular weight is 335 g/mol. The summed E-state index contributed by atoms with van der Waals surface area (Å²) < 4.78 is 0. The normalized spacial score (nSPS) is 16.3. The maximum Gasteiger partial charge on any atom is 0.188 e. The van der Waals surface area contributed by atoms with Crippen LogP contribution in [0.3, 0.4) is 0 Å². The van der Waals surface area contributed by atoms with Crippen LogP contribution in [-0.4, -0.2) is 23.5 Å². The Balaban J connectivity index is 1.50. The van der Waals surface area contributed by atoms with Crippen molar-refractivity contribution in [2.45, 2.75) is 45.1 Å². The molecule has 2 heterocycles. The third kappa shape index (κ3) is 4.08. The number of hydrogen-bond acceptors (Lipinski definition) is 4. The van der Waals surface area contributed by atoms with Crippen LogP contribution in [0.1, 0.15) is 35.6 Å². The third-order valence-corrected chi connectivity index (χ3v) is 5.82. The topological polar surface area (TPSA) is 63.3 Å². The first-order valence-electron chi connectivity index (χ1n) is 7.78. The first-order valence-corrected chi connectivity index (χ1v) is 9.48. The van der Waals surface area contributed by atoms with Crippen molar-refractivity contribution in [2.24, 2.45) is 10.7 Å². The van der Waals surface area contributed by atoms with Crippen LogP contribution < -0.4 is 11.1 Å². The number of thiazole rings is 1. The van der Waals surface area contributed by atoms with Crippen LogP contribution in [-0.2, 0) is 6.42 Å². The lowest BCUT2D eigenvalue weighted by Gasteiger charge is -2.11. The molecule has 0 radical (unpaired) electrons. The molecule has 0 saturated heterocycles. The molecular formula is C16H22N4S2. The predicted molar refractivity (Wildman–Crippen MR) is 95.7 cm³/mol. The lowest BCUT2D eigenvalue weighted by Crippen LogP contribution is -2.38. The van der Waals surface area contributed by atoms with Gasteiger partial charge in [0.15, 0.2) is 5.96 Å². The molecule has 2 aromatic rings. The first kappa shape index (κ1) is 15.5. The number of aromatic nitrogens is 1. The molecular weight excluding hydrogens is 312 g/mol. The van der Waals surface area contributed by atoms with E-state index in [9.17, 15) is 0 Å². The molecule has 0 bridgehead atoms. The first-order chi connectivity index (χ1) is 10.7. The number of aryl methyl sites for hydroxylation is 1. The van der Waals surface area contributed by atoms with Crippen LogP contribution in [0.25, 0.3) is 10.6 Å². The van der Waals surface area contributed by atoms with E-state index in [1.54, 1.807) is 22.7 Å². The van der Waals surface area contributed by atoms with Gasteiger partial charge in [0.1, 0.15) is 0 Å². The van der Waals surface area contributed by atoms with Crippen molar-refractivity contribution < 1.29 is 0 Å². The summed E-state index contributed by atoms with van der Waals surface area (Å²) in [6, 6.07) is 4.85. The smallest absolute Gasteiger partial charge is 0.188 e. The van der Waals surface area contributed by atoms with Crippen LogP contribution in [0.2, 0.25) is 0 Å². The number of nitrogens with one attached hydrogen (secondary N) is 1. The molecule has 0 aromatic carbocycles. The average Bonchev–Trinajstić information content (AvgIpc) is 3.20. The van der Waals surface area contributed by atoms with E-state index in [1.807, 2.05) is 6.92 Å². The fourth-order valence-electron chi connectivity index (χ4n) is 2.74. The lowest BCUT2D eigenvalue weighted by molar-refractivity contribution is 0.625. The summed E-state index contributed by atoms with van der Waals surface area (Å²) in [6.45, 7) is 2.78. The number of thiophene rings is 1. The summed E-state index contributed by atoms with van der Waals surface area (Å²) in [7, 11) is 0. The molecule has 0 atom stereocenters. The molecule has 1 saturated carbocycles. The van der Waals surface area contributed by atoms with Gasteiger partial charge in [0.25, 0.3) is 0 Å². The summed E-state index contributed by atoms with van der Waals surface area (Å²) in [5.74, 6) is 0.596. The highest BCUT2D eigenvalue weighted by molar-refractivity contribution is 7.16. The van der Waals surface area contributed by atoms with E-state index in [2.05, 4.69) is 32.8 Å². The van der Waals surface area contributed by atoms with E-state index in [0.717, 1.165) is 23.7 Å². The van der Waals surface area contributed by atoms with Gasteiger partial charge >= 0.3 is 0 Å². The third-order valence-electron chi connectivity index (χ3n) is 3.88. The molecule has 4 nitrogen and oxygen atoms in total. The van der Waals surface area contributed by atoms with Gasteiger partial charge in [-0.05, 0) is 31.9 Å². The van der Waals surface area contributed by atoms with Crippen molar-refractivity contribution in [3.05, 3.63) is 27.4 Å². The lowest BCUT2D eigenvalue weighted by atomic mass is 10.2. The van der Waals surface area contributed by atoms with Gasteiger partial charge in [-0.15, -0.1) is 22.7 Å². The van der Waals surface area contributed by atoms with E-state index in [4.69, 9.17) is 5.73 Å². The van der Waals surface area contributed by atoms with Crippen molar-refractivity contribution in [1.29, 1.82) is 0 Å². The standard InChI is InChI=1S/C16H22N4S2/c1-11-19-14(10-21-11)15-7-6-13(22-15)8-9-18-16(17)20-12-4-2-3-5-12/h6-7,10,12H,2-5,8-9H2,1H3,(H3,17,18,20). The fourth-order valence-corrected chi connectivity index (χ4v) is 4.38. The Labute approximate surface area is 139 Å². The van der Waals surface area contributed by atoms with Crippen LogP contribution in [0.5, 0.6) is 0 Å². The molecule has 0 amide bonds.